The first-order chi connectivity index (χ1) is 15.1. The minimum Gasteiger partial charge on any atom is -0.463 e. The first-order valence-corrected chi connectivity index (χ1v) is 13.6. The predicted octanol–water partition coefficient (Wildman–Crippen LogP) is 6.93. The predicted molar refractivity (Wildman–Crippen MR) is 130 cm³/mol. The highest BCUT2D eigenvalue weighted by Gasteiger charge is 2.59. The van der Waals surface area contributed by atoms with Gasteiger partial charge in [-0.15, -0.1) is 0 Å². The lowest BCUT2D eigenvalue weighted by molar-refractivity contribution is -0.155. The van der Waals surface area contributed by atoms with Crippen molar-refractivity contribution in [3.05, 3.63) is 11.6 Å². The van der Waals surface area contributed by atoms with Crippen LogP contribution >= 0.6 is 0 Å². The lowest BCUT2D eigenvalue weighted by atomic mass is 9.47. The summed E-state index contributed by atoms with van der Waals surface area (Å²) in [6.45, 7) is 13.7. The van der Waals surface area contributed by atoms with Crippen LogP contribution in [0.4, 0.5) is 0 Å². The van der Waals surface area contributed by atoms with E-state index in [4.69, 9.17) is 4.74 Å². The van der Waals surface area contributed by atoms with Gasteiger partial charge in [0, 0.05) is 6.92 Å². The first-order valence-electron chi connectivity index (χ1n) is 13.6. The molecule has 0 spiro atoms. The van der Waals surface area contributed by atoms with Gasteiger partial charge < -0.3 is 9.84 Å². The molecule has 4 rings (SSSR count). The number of carbonyl (C=O) groups is 1. The second-order valence-electron chi connectivity index (χ2n) is 12.9. The van der Waals surface area contributed by atoms with E-state index in [1.807, 2.05) is 0 Å². The Kier molecular flexibility index (Phi) is 6.90. The molecule has 9 unspecified atom stereocenters. The summed E-state index contributed by atoms with van der Waals surface area (Å²) in [5.74, 6) is 3.71. The number of allylic oxidation sites excluding steroid dienone is 1. The minimum atomic E-state index is -0.394. The molecule has 0 radical (unpaired) electrons. The van der Waals surface area contributed by atoms with Crippen LogP contribution < -0.4 is 0 Å². The lowest BCUT2D eigenvalue weighted by Crippen LogP contribution is -2.54. The maximum atomic E-state index is 11.5. The van der Waals surface area contributed by atoms with Gasteiger partial charge in [-0.2, -0.15) is 0 Å². The third-order valence-electron chi connectivity index (χ3n) is 10.6. The van der Waals surface area contributed by atoms with Crippen molar-refractivity contribution in [3.8, 4) is 0 Å². The van der Waals surface area contributed by atoms with Gasteiger partial charge >= 0.3 is 5.97 Å². The second kappa shape index (κ2) is 9.08. The Morgan fingerprint density at radius 3 is 2.44 bits per heavy atom. The van der Waals surface area contributed by atoms with Crippen LogP contribution in [0.1, 0.15) is 106 Å². The lowest BCUT2D eigenvalue weighted by Gasteiger charge is -2.59. The summed E-state index contributed by atoms with van der Waals surface area (Å²) in [4.78, 5) is 11.5. The monoisotopic (exact) mass is 444 g/mol. The molecule has 32 heavy (non-hydrogen) atoms. The molecule has 0 aromatic rings. The van der Waals surface area contributed by atoms with Crippen LogP contribution in [-0.2, 0) is 9.53 Å². The summed E-state index contributed by atoms with van der Waals surface area (Å²) in [5.41, 5.74) is 2.15. The Bertz CT molecular complexity index is 726. The second-order valence-corrected chi connectivity index (χ2v) is 12.9. The smallest absolute Gasteiger partial charge is 0.302 e. The van der Waals surface area contributed by atoms with Gasteiger partial charge in [0.1, 0.15) is 6.10 Å². The van der Waals surface area contributed by atoms with E-state index in [1.165, 1.54) is 51.9 Å². The van der Waals surface area contributed by atoms with Crippen molar-refractivity contribution in [3.63, 3.8) is 0 Å². The molecular formula is C29H48O3. The fourth-order valence-electron chi connectivity index (χ4n) is 8.91. The van der Waals surface area contributed by atoms with Crippen molar-refractivity contribution >= 4 is 5.97 Å². The topological polar surface area (TPSA) is 46.5 Å². The molecule has 9 atom stereocenters. The molecule has 3 fully saturated rings. The van der Waals surface area contributed by atoms with Crippen LogP contribution in [0.2, 0.25) is 0 Å². The molecule has 4 aliphatic carbocycles. The van der Waals surface area contributed by atoms with E-state index in [9.17, 15) is 9.90 Å². The van der Waals surface area contributed by atoms with Gasteiger partial charge in [-0.25, -0.2) is 0 Å². The SMILES string of the molecule is CC(=O)OC1CCC2(C)C3CCC4(C)C(CCC4C(C)CCCC(C)C)C3=CC(O)C2C1. The molecule has 0 aromatic heterocycles. The standard InChI is InChI=1S/C29H48O3/c1-18(2)8-7-9-19(3)23-10-11-24-22-17-27(31)26-16-21(32-20(4)30)12-14-29(26,6)25(22)13-15-28(23,24)5/h17-19,21,23-27,31H,7-16H2,1-6H3. The highest BCUT2D eigenvalue weighted by atomic mass is 16.5. The number of ether oxygens (including phenoxy) is 1. The van der Waals surface area contributed by atoms with Gasteiger partial charge in [0.05, 0.1) is 6.10 Å². The van der Waals surface area contributed by atoms with Gasteiger partial charge in [0.2, 0.25) is 0 Å². The number of aliphatic hydroxyl groups excluding tert-OH is 1. The van der Waals surface area contributed by atoms with Crippen molar-refractivity contribution in [1.82, 2.24) is 0 Å². The summed E-state index contributed by atoms with van der Waals surface area (Å²) >= 11 is 0. The zero-order chi connectivity index (χ0) is 23.3. The molecule has 3 saturated carbocycles. The molecule has 182 valence electrons. The van der Waals surface area contributed by atoms with Gasteiger partial charge in [-0.05, 0) is 91.3 Å². The van der Waals surface area contributed by atoms with E-state index < -0.39 is 6.10 Å². The van der Waals surface area contributed by atoms with Crippen LogP contribution in [0.5, 0.6) is 0 Å². The van der Waals surface area contributed by atoms with Gasteiger partial charge in [-0.1, -0.05) is 65.5 Å². The van der Waals surface area contributed by atoms with Crippen molar-refractivity contribution < 1.29 is 14.6 Å². The number of carbonyl (C=O) groups excluding carboxylic acids is 1. The average molecular weight is 445 g/mol. The Hall–Kier alpha value is -0.830. The van der Waals surface area contributed by atoms with Crippen molar-refractivity contribution in [2.24, 2.45) is 46.3 Å². The number of aliphatic hydroxyl groups is 1. The summed E-state index contributed by atoms with van der Waals surface area (Å²) < 4.78 is 5.57. The van der Waals surface area contributed by atoms with E-state index >= 15 is 0 Å². The van der Waals surface area contributed by atoms with Crippen molar-refractivity contribution in [2.45, 2.75) is 118 Å². The molecule has 0 saturated heterocycles. The Morgan fingerprint density at radius 1 is 1.06 bits per heavy atom. The van der Waals surface area contributed by atoms with E-state index in [0.717, 1.165) is 37.0 Å². The van der Waals surface area contributed by atoms with E-state index in [2.05, 4.69) is 40.7 Å². The Labute approximate surface area is 196 Å². The number of hydrogen-bond acceptors (Lipinski definition) is 3. The zero-order valence-electron chi connectivity index (χ0n) is 21.5. The molecule has 0 aromatic carbocycles. The highest BCUT2D eigenvalue weighted by Crippen LogP contribution is 2.67. The molecule has 0 aliphatic heterocycles. The van der Waals surface area contributed by atoms with Crippen LogP contribution in [0.15, 0.2) is 11.6 Å². The van der Waals surface area contributed by atoms with E-state index in [0.29, 0.717) is 17.3 Å². The van der Waals surface area contributed by atoms with Gasteiger partial charge in [-0.3, -0.25) is 4.79 Å². The normalized spacial score (nSPS) is 44.3. The van der Waals surface area contributed by atoms with Crippen LogP contribution in [0, 0.1) is 46.3 Å². The maximum Gasteiger partial charge on any atom is 0.302 e. The molecule has 3 nitrogen and oxygen atoms in total. The molecular weight excluding hydrogens is 396 g/mol. The number of hydrogen-bond donors (Lipinski definition) is 1. The number of fused-ring (bicyclic) bond motifs is 5. The first kappa shape index (κ1) is 24.3. The minimum absolute atomic E-state index is 0.0217. The zero-order valence-corrected chi connectivity index (χ0v) is 21.5. The van der Waals surface area contributed by atoms with Crippen LogP contribution in [0.25, 0.3) is 0 Å². The molecule has 4 aliphatic rings. The van der Waals surface area contributed by atoms with Crippen LogP contribution in [0.3, 0.4) is 0 Å². The average Bonchev–Trinajstić information content (AvgIpc) is 3.06. The largest absolute Gasteiger partial charge is 0.463 e. The molecule has 3 heteroatoms. The summed E-state index contributed by atoms with van der Waals surface area (Å²) in [7, 11) is 0. The van der Waals surface area contributed by atoms with Gasteiger partial charge in [0.25, 0.3) is 0 Å². The third kappa shape index (κ3) is 4.21. The maximum absolute atomic E-state index is 11.5. The Morgan fingerprint density at radius 2 is 1.75 bits per heavy atom. The highest BCUT2D eigenvalue weighted by molar-refractivity contribution is 5.66. The van der Waals surface area contributed by atoms with E-state index in [1.54, 1.807) is 5.57 Å². The molecule has 0 heterocycles. The molecule has 1 N–H and O–H groups in total. The quantitative estimate of drug-likeness (QED) is 0.357. The third-order valence-corrected chi connectivity index (χ3v) is 10.6. The number of esters is 1. The summed E-state index contributed by atoms with van der Waals surface area (Å²) in [5, 5.41) is 11.3. The Balaban J connectivity index is 1.52. The van der Waals surface area contributed by atoms with E-state index in [-0.39, 0.29) is 23.4 Å². The van der Waals surface area contributed by atoms with Crippen molar-refractivity contribution in [2.75, 3.05) is 0 Å². The van der Waals surface area contributed by atoms with Crippen LogP contribution in [-0.4, -0.2) is 23.3 Å². The summed E-state index contributed by atoms with van der Waals surface area (Å²) in [6.07, 6.45) is 14.0. The van der Waals surface area contributed by atoms with Crippen molar-refractivity contribution in [1.29, 1.82) is 0 Å². The van der Waals surface area contributed by atoms with Gasteiger partial charge in [0.15, 0.2) is 0 Å². The summed E-state index contributed by atoms with van der Waals surface area (Å²) in [6, 6.07) is 0. The fourth-order valence-corrected chi connectivity index (χ4v) is 8.91. The molecule has 0 bridgehead atoms. The number of rotatable bonds is 6. The molecule has 0 amide bonds. The fraction of sp³-hybridized carbons (Fsp3) is 0.897.